The molecule has 0 unspecified atom stereocenters. The van der Waals surface area contributed by atoms with Gasteiger partial charge >= 0.3 is 12.5 Å². The Balaban J connectivity index is 2.18. The van der Waals surface area contributed by atoms with E-state index in [2.05, 4.69) is 20.9 Å². The van der Waals surface area contributed by atoms with Crippen LogP contribution in [0.3, 0.4) is 0 Å². The zero-order valence-corrected chi connectivity index (χ0v) is 17.1. The number of methoxy groups -OCH3 is 1. The lowest BCUT2D eigenvalue weighted by Crippen LogP contribution is -2.21. The number of carbonyl (C=O) groups excluding carboxylic acids is 1. The molecule has 0 aliphatic carbocycles. The number of carbonyl (C=O) groups is 1. The lowest BCUT2D eigenvalue weighted by Gasteiger charge is -2.30. The molecule has 0 fully saturated rings. The van der Waals surface area contributed by atoms with Gasteiger partial charge in [-0.25, -0.2) is 4.79 Å². The summed E-state index contributed by atoms with van der Waals surface area (Å²) in [5.41, 5.74) is 4.43. The number of ether oxygens (including phenoxy) is 2. The number of hydrogen-bond acceptors (Lipinski definition) is 5. The first kappa shape index (κ1) is 22.0. The molecule has 0 aromatic heterocycles. The van der Waals surface area contributed by atoms with Gasteiger partial charge in [-0.05, 0) is 53.3 Å². The molecular weight excluding hydrogens is 411 g/mol. The quantitative estimate of drug-likeness (QED) is 0.683. The summed E-state index contributed by atoms with van der Waals surface area (Å²) in [4.78, 5) is 13.7. The van der Waals surface area contributed by atoms with Crippen molar-refractivity contribution < 1.29 is 27.4 Å². The van der Waals surface area contributed by atoms with Crippen LogP contribution < -0.4 is 15.0 Å². The van der Waals surface area contributed by atoms with Crippen molar-refractivity contribution >= 4 is 17.5 Å². The molecule has 1 amide bonds. The average Bonchev–Trinajstić information content (AvgIpc) is 2.72. The standard InChI is InChI=1S/C22H20F3N3O3/c1-4-13-9-17-16(14-5-7-15(8-6-14)31-22(23,24)25)10-19(27-21(29)30-3)18(11-26)20(17)28(2)12-13/h5-8,10,12H,4,9H2,1-3H3,(H,27,29). The fourth-order valence-electron chi connectivity index (χ4n) is 3.57. The number of fused-ring (bicyclic) bond motifs is 1. The van der Waals surface area contributed by atoms with Gasteiger partial charge in [-0.15, -0.1) is 13.2 Å². The number of anilines is 2. The van der Waals surface area contributed by atoms with Crippen LogP contribution in [0, 0.1) is 11.3 Å². The summed E-state index contributed by atoms with van der Waals surface area (Å²) < 4.78 is 46.1. The smallest absolute Gasteiger partial charge is 0.453 e. The van der Waals surface area contributed by atoms with Gasteiger partial charge in [-0.1, -0.05) is 19.1 Å². The van der Waals surface area contributed by atoms with Gasteiger partial charge in [0.1, 0.15) is 11.8 Å². The van der Waals surface area contributed by atoms with Crippen molar-refractivity contribution in [3.05, 3.63) is 53.2 Å². The SMILES string of the molecule is CCC1=CN(C)c2c(C#N)c(NC(=O)OC)cc(-c3ccc(OC(F)(F)F)cc3)c2C1. The topological polar surface area (TPSA) is 74.6 Å². The van der Waals surface area contributed by atoms with Crippen LogP contribution in [0.1, 0.15) is 24.5 Å². The van der Waals surface area contributed by atoms with Gasteiger partial charge in [-0.3, -0.25) is 5.32 Å². The molecule has 0 bridgehead atoms. The average molecular weight is 431 g/mol. The van der Waals surface area contributed by atoms with E-state index in [0.29, 0.717) is 23.2 Å². The molecule has 162 valence electrons. The van der Waals surface area contributed by atoms with Crippen LogP contribution >= 0.6 is 0 Å². The van der Waals surface area contributed by atoms with Gasteiger partial charge in [-0.2, -0.15) is 5.26 Å². The Hall–Kier alpha value is -3.67. The molecule has 1 heterocycles. The molecule has 9 heteroatoms. The number of nitrogens with one attached hydrogen (secondary N) is 1. The largest absolute Gasteiger partial charge is 0.573 e. The molecule has 6 nitrogen and oxygen atoms in total. The Morgan fingerprint density at radius 1 is 1.29 bits per heavy atom. The fraction of sp³-hybridized carbons (Fsp3) is 0.273. The van der Waals surface area contributed by atoms with E-state index < -0.39 is 12.5 Å². The zero-order valence-electron chi connectivity index (χ0n) is 17.1. The van der Waals surface area contributed by atoms with Crippen LogP contribution in [-0.2, 0) is 11.2 Å². The third-order valence-corrected chi connectivity index (χ3v) is 4.93. The number of nitrogens with zero attached hydrogens (tertiary/aromatic N) is 2. The lowest BCUT2D eigenvalue weighted by atomic mass is 9.87. The van der Waals surface area contributed by atoms with Gasteiger partial charge in [0.15, 0.2) is 0 Å². The van der Waals surface area contributed by atoms with E-state index in [4.69, 9.17) is 0 Å². The maximum atomic E-state index is 12.5. The molecule has 0 saturated carbocycles. The van der Waals surface area contributed by atoms with Crippen molar-refractivity contribution in [2.24, 2.45) is 0 Å². The number of allylic oxidation sites excluding steroid dienone is 1. The molecule has 1 N–H and O–H groups in total. The highest BCUT2D eigenvalue weighted by Crippen LogP contribution is 2.43. The third-order valence-electron chi connectivity index (χ3n) is 4.93. The summed E-state index contributed by atoms with van der Waals surface area (Å²) in [6, 6.07) is 9.25. The molecule has 2 aromatic rings. The number of halogens is 3. The maximum absolute atomic E-state index is 12.5. The van der Waals surface area contributed by atoms with E-state index in [1.165, 1.54) is 31.4 Å². The first-order valence-corrected chi connectivity index (χ1v) is 9.40. The number of amides is 1. The molecule has 0 radical (unpaired) electrons. The molecule has 3 rings (SSSR count). The third kappa shape index (κ3) is 4.74. The molecular formula is C22H20F3N3O3. The summed E-state index contributed by atoms with van der Waals surface area (Å²) in [5, 5.41) is 12.3. The van der Waals surface area contributed by atoms with Gasteiger partial charge in [0.05, 0.1) is 24.0 Å². The van der Waals surface area contributed by atoms with Gasteiger partial charge in [0, 0.05) is 13.2 Å². The van der Waals surface area contributed by atoms with Crippen LogP contribution in [0.5, 0.6) is 5.75 Å². The van der Waals surface area contributed by atoms with E-state index in [0.717, 1.165) is 17.6 Å². The second-order valence-corrected chi connectivity index (χ2v) is 6.90. The highest BCUT2D eigenvalue weighted by atomic mass is 19.4. The zero-order chi connectivity index (χ0) is 22.8. The number of rotatable bonds is 4. The van der Waals surface area contributed by atoms with Crippen molar-refractivity contribution in [1.82, 2.24) is 0 Å². The first-order valence-electron chi connectivity index (χ1n) is 9.40. The second-order valence-electron chi connectivity index (χ2n) is 6.90. The van der Waals surface area contributed by atoms with Crippen LogP contribution in [0.4, 0.5) is 29.3 Å². The highest BCUT2D eigenvalue weighted by molar-refractivity contribution is 5.94. The van der Waals surface area contributed by atoms with Crippen LogP contribution in [-0.4, -0.2) is 26.6 Å². The Morgan fingerprint density at radius 3 is 2.52 bits per heavy atom. The molecule has 0 spiro atoms. The number of benzene rings is 2. The molecule has 0 atom stereocenters. The van der Waals surface area contributed by atoms with E-state index in [9.17, 15) is 23.2 Å². The van der Waals surface area contributed by atoms with Crippen molar-refractivity contribution in [3.8, 4) is 22.9 Å². The summed E-state index contributed by atoms with van der Waals surface area (Å²) in [6.45, 7) is 2.02. The monoisotopic (exact) mass is 431 g/mol. The van der Waals surface area contributed by atoms with Gasteiger partial charge < -0.3 is 14.4 Å². The minimum Gasteiger partial charge on any atom is -0.453 e. The molecule has 31 heavy (non-hydrogen) atoms. The highest BCUT2D eigenvalue weighted by Gasteiger charge is 2.31. The van der Waals surface area contributed by atoms with E-state index >= 15 is 0 Å². The summed E-state index contributed by atoms with van der Waals surface area (Å²) >= 11 is 0. The molecule has 1 aliphatic heterocycles. The van der Waals surface area contributed by atoms with E-state index in [-0.39, 0.29) is 17.0 Å². The predicted molar refractivity (Wildman–Crippen MR) is 110 cm³/mol. The predicted octanol–water partition coefficient (Wildman–Crippen LogP) is 5.59. The first-order chi connectivity index (χ1) is 14.7. The normalized spacial score (nSPS) is 13.1. The second kappa shape index (κ2) is 8.60. The number of nitriles is 1. The fourth-order valence-corrected chi connectivity index (χ4v) is 3.57. The van der Waals surface area contributed by atoms with Gasteiger partial charge in [0.2, 0.25) is 0 Å². The van der Waals surface area contributed by atoms with Crippen LogP contribution in [0.25, 0.3) is 11.1 Å². The molecule has 2 aromatic carbocycles. The van der Waals surface area contributed by atoms with Crippen molar-refractivity contribution in [3.63, 3.8) is 0 Å². The minimum absolute atomic E-state index is 0.249. The summed E-state index contributed by atoms with van der Waals surface area (Å²) in [6.07, 6.45) is -2.21. The maximum Gasteiger partial charge on any atom is 0.573 e. The number of alkyl halides is 3. The number of hydrogen-bond donors (Lipinski definition) is 1. The van der Waals surface area contributed by atoms with Crippen molar-refractivity contribution in [2.45, 2.75) is 26.1 Å². The summed E-state index contributed by atoms with van der Waals surface area (Å²) in [5.74, 6) is -0.335. The lowest BCUT2D eigenvalue weighted by molar-refractivity contribution is -0.274. The van der Waals surface area contributed by atoms with Crippen molar-refractivity contribution in [1.29, 1.82) is 5.26 Å². The van der Waals surface area contributed by atoms with Crippen LogP contribution in [0.15, 0.2) is 42.1 Å². The van der Waals surface area contributed by atoms with E-state index in [1.54, 1.807) is 13.1 Å². The Bertz CT molecular complexity index is 1070. The minimum atomic E-state index is -4.78. The molecule has 0 saturated heterocycles. The van der Waals surface area contributed by atoms with E-state index in [1.807, 2.05) is 18.0 Å². The Morgan fingerprint density at radius 2 is 1.97 bits per heavy atom. The van der Waals surface area contributed by atoms with Crippen LogP contribution in [0.2, 0.25) is 0 Å². The molecule has 1 aliphatic rings. The summed E-state index contributed by atoms with van der Waals surface area (Å²) in [7, 11) is 3.02. The Labute approximate surface area is 177 Å². The van der Waals surface area contributed by atoms with Crippen molar-refractivity contribution in [2.75, 3.05) is 24.4 Å². The Kier molecular flexibility index (Phi) is 6.11. The van der Waals surface area contributed by atoms with Gasteiger partial charge in [0.25, 0.3) is 0 Å².